The minimum absolute atomic E-state index is 0.0685. The summed E-state index contributed by atoms with van der Waals surface area (Å²) in [5.74, 6) is 1.25. The van der Waals surface area contributed by atoms with E-state index in [1.54, 1.807) is 4.68 Å². The van der Waals surface area contributed by atoms with Gasteiger partial charge in [-0.1, -0.05) is 24.6 Å². The van der Waals surface area contributed by atoms with Crippen LogP contribution in [0.3, 0.4) is 0 Å². The molecule has 1 heterocycles. The molecule has 24 heavy (non-hydrogen) atoms. The Hall–Kier alpha value is -1.95. The molecule has 1 amide bonds. The first-order chi connectivity index (χ1) is 11.4. The van der Waals surface area contributed by atoms with Gasteiger partial charge < -0.3 is 5.32 Å². The highest BCUT2D eigenvalue weighted by Gasteiger charge is 2.41. The van der Waals surface area contributed by atoms with E-state index in [1.165, 1.54) is 6.92 Å². The van der Waals surface area contributed by atoms with E-state index in [1.807, 2.05) is 25.1 Å². The average Bonchev–Trinajstić information content (AvgIpc) is 3.02. The van der Waals surface area contributed by atoms with Gasteiger partial charge in [-0.2, -0.15) is 4.68 Å². The van der Waals surface area contributed by atoms with Crippen LogP contribution in [0.4, 0.5) is 0 Å². The molecule has 0 aliphatic heterocycles. The van der Waals surface area contributed by atoms with Crippen molar-refractivity contribution in [1.82, 2.24) is 25.5 Å². The number of hydrogen-bond acceptors (Lipinski definition) is 4. The molecule has 2 aromatic rings. The summed E-state index contributed by atoms with van der Waals surface area (Å²) in [5, 5.41) is 16.1. The van der Waals surface area contributed by atoms with Crippen molar-refractivity contribution in [2.75, 3.05) is 0 Å². The standard InChI is InChI=1S/C17H22ClN5O/c1-11-6-8-17(9-7-11,19-13(3)24)16-20-21-22-23(16)14-5-4-12(2)15(18)10-14/h4-5,10-11H,6-9H2,1-3H3,(H,19,24). The number of halogens is 1. The number of tetrazole rings is 1. The van der Waals surface area contributed by atoms with E-state index in [2.05, 4.69) is 27.8 Å². The van der Waals surface area contributed by atoms with Gasteiger partial charge >= 0.3 is 0 Å². The van der Waals surface area contributed by atoms with Crippen LogP contribution < -0.4 is 5.32 Å². The maximum absolute atomic E-state index is 11.8. The number of rotatable bonds is 3. The Labute approximate surface area is 146 Å². The Morgan fingerprint density at radius 3 is 2.71 bits per heavy atom. The molecule has 0 spiro atoms. The maximum atomic E-state index is 11.8. The van der Waals surface area contributed by atoms with Crippen molar-refractivity contribution < 1.29 is 4.79 Å². The van der Waals surface area contributed by atoms with Crippen molar-refractivity contribution in [2.45, 2.75) is 52.0 Å². The zero-order chi connectivity index (χ0) is 17.3. The molecule has 0 atom stereocenters. The Morgan fingerprint density at radius 1 is 1.38 bits per heavy atom. The van der Waals surface area contributed by atoms with Crippen molar-refractivity contribution >= 4 is 17.5 Å². The van der Waals surface area contributed by atoms with Crippen LogP contribution in [0.5, 0.6) is 0 Å². The van der Waals surface area contributed by atoms with Crippen LogP contribution in [0.1, 0.15) is 50.9 Å². The number of benzene rings is 1. The van der Waals surface area contributed by atoms with Gasteiger partial charge in [0, 0.05) is 11.9 Å². The second kappa shape index (κ2) is 6.51. The van der Waals surface area contributed by atoms with Crippen LogP contribution in [0, 0.1) is 12.8 Å². The average molecular weight is 348 g/mol. The second-order valence-corrected chi connectivity index (χ2v) is 7.20. The molecule has 0 bridgehead atoms. The molecule has 128 valence electrons. The Bertz CT molecular complexity index is 749. The molecule has 1 saturated carbocycles. The molecular formula is C17H22ClN5O. The SMILES string of the molecule is CC(=O)NC1(c2nnnn2-c2ccc(C)c(Cl)c2)CCC(C)CC1. The van der Waals surface area contributed by atoms with Crippen LogP contribution in [-0.2, 0) is 10.3 Å². The molecule has 0 saturated heterocycles. The molecule has 7 heteroatoms. The Balaban J connectivity index is 2.05. The first kappa shape index (κ1) is 16.9. The molecule has 1 aromatic carbocycles. The topological polar surface area (TPSA) is 72.7 Å². The molecule has 1 aromatic heterocycles. The highest BCUT2D eigenvalue weighted by Crippen LogP contribution is 2.39. The first-order valence-electron chi connectivity index (χ1n) is 8.25. The van der Waals surface area contributed by atoms with Crippen molar-refractivity contribution in [1.29, 1.82) is 0 Å². The summed E-state index contributed by atoms with van der Waals surface area (Å²) in [6, 6.07) is 5.73. The zero-order valence-electron chi connectivity index (χ0n) is 14.2. The molecule has 1 aliphatic rings. The van der Waals surface area contributed by atoms with Gasteiger partial charge in [0.15, 0.2) is 5.82 Å². The third-order valence-electron chi connectivity index (χ3n) is 4.84. The first-order valence-corrected chi connectivity index (χ1v) is 8.63. The van der Waals surface area contributed by atoms with E-state index in [9.17, 15) is 4.79 Å². The highest BCUT2D eigenvalue weighted by molar-refractivity contribution is 6.31. The van der Waals surface area contributed by atoms with Crippen LogP contribution in [-0.4, -0.2) is 26.1 Å². The van der Waals surface area contributed by atoms with E-state index in [-0.39, 0.29) is 5.91 Å². The number of carbonyl (C=O) groups is 1. The van der Waals surface area contributed by atoms with Crippen molar-refractivity contribution in [3.63, 3.8) is 0 Å². The number of carbonyl (C=O) groups excluding carboxylic acids is 1. The lowest BCUT2D eigenvalue weighted by molar-refractivity contribution is -0.121. The van der Waals surface area contributed by atoms with Crippen LogP contribution >= 0.6 is 11.6 Å². The van der Waals surface area contributed by atoms with E-state index < -0.39 is 5.54 Å². The van der Waals surface area contributed by atoms with Crippen molar-refractivity contribution in [3.8, 4) is 5.69 Å². The molecule has 6 nitrogen and oxygen atoms in total. The fraction of sp³-hybridized carbons (Fsp3) is 0.529. The maximum Gasteiger partial charge on any atom is 0.217 e. The molecule has 0 radical (unpaired) electrons. The van der Waals surface area contributed by atoms with Gasteiger partial charge in [0.25, 0.3) is 0 Å². The van der Waals surface area contributed by atoms with Crippen LogP contribution in [0.2, 0.25) is 5.02 Å². The third kappa shape index (κ3) is 3.15. The third-order valence-corrected chi connectivity index (χ3v) is 5.25. The summed E-state index contributed by atoms with van der Waals surface area (Å²) in [4.78, 5) is 11.8. The molecule has 0 unspecified atom stereocenters. The summed E-state index contributed by atoms with van der Waals surface area (Å²) >= 11 is 6.26. The van der Waals surface area contributed by atoms with Crippen molar-refractivity contribution in [3.05, 3.63) is 34.6 Å². The summed E-state index contributed by atoms with van der Waals surface area (Å²) < 4.78 is 1.69. The Morgan fingerprint density at radius 2 is 2.08 bits per heavy atom. The minimum atomic E-state index is -0.529. The van der Waals surface area contributed by atoms with Gasteiger partial charge in [0.05, 0.1) is 5.69 Å². The molecule has 1 aliphatic carbocycles. The van der Waals surface area contributed by atoms with E-state index in [0.717, 1.165) is 36.9 Å². The summed E-state index contributed by atoms with van der Waals surface area (Å²) in [6.45, 7) is 5.73. The largest absolute Gasteiger partial charge is 0.344 e. The fourth-order valence-electron chi connectivity index (χ4n) is 3.37. The fourth-order valence-corrected chi connectivity index (χ4v) is 3.54. The smallest absolute Gasteiger partial charge is 0.217 e. The van der Waals surface area contributed by atoms with Gasteiger partial charge in [-0.15, -0.1) is 5.10 Å². The summed E-state index contributed by atoms with van der Waals surface area (Å²) in [6.07, 6.45) is 3.71. The van der Waals surface area contributed by atoms with Crippen LogP contribution in [0.25, 0.3) is 5.69 Å². The lowest BCUT2D eigenvalue weighted by Gasteiger charge is -2.38. The normalized spacial score (nSPS) is 23.9. The summed E-state index contributed by atoms with van der Waals surface area (Å²) in [7, 11) is 0. The molecular weight excluding hydrogens is 326 g/mol. The molecule has 1 fully saturated rings. The van der Waals surface area contributed by atoms with Gasteiger partial charge in [0.1, 0.15) is 5.54 Å². The second-order valence-electron chi connectivity index (χ2n) is 6.79. The number of hydrogen-bond donors (Lipinski definition) is 1. The molecule has 3 rings (SSSR count). The van der Waals surface area contributed by atoms with E-state index >= 15 is 0 Å². The van der Waals surface area contributed by atoms with E-state index in [0.29, 0.717) is 16.8 Å². The number of nitrogens with one attached hydrogen (secondary N) is 1. The molecule has 1 N–H and O–H groups in total. The predicted octanol–water partition coefficient (Wildman–Crippen LogP) is 3.17. The highest BCUT2D eigenvalue weighted by atomic mass is 35.5. The van der Waals surface area contributed by atoms with Crippen LogP contribution in [0.15, 0.2) is 18.2 Å². The van der Waals surface area contributed by atoms with Gasteiger partial charge in [0.2, 0.25) is 5.91 Å². The zero-order valence-corrected chi connectivity index (χ0v) is 15.0. The van der Waals surface area contributed by atoms with E-state index in [4.69, 9.17) is 11.6 Å². The van der Waals surface area contributed by atoms with Crippen molar-refractivity contribution in [2.24, 2.45) is 5.92 Å². The quantitative estimate of drug-likeness (QED) is 0.925. The minimum Gasteiger partial charge on any atom is -0.344 e. The number of amides is 1. The monoisotopic (exact) mass is 347 g/mol. The lowest BCUT2D eigenvalue weighted by Crippen LogP contribution is -2.49. The van der Waals surface area contributed by atoms with Gasteiger partial charge in [-0.25, -0.2) is 0 Å². The lowest BCUT2D eigenvalue weighted by atomic mass is 9.76. The Kier molecular flexibility index (Phi) is 4.58. The summed E-state index contributed by atoms with van der Waals surface area (Å²) in [5.41, 5.74) is 1.27. The van der Waals surface area contributed by atoms with Gasteiger partial charge in [-0.05, 0) is 66.6 Å². The number of nitrogens with zero attached hydrogens (tertiary/aromatic N) is 4. The predicted molar refractivity (Wildman–Crippen MR) is 92.0 cm³/mol. The number of aromatic nitrogens is 4. The number of aryl methyl sites for hydroxylation is 1. The van der Waals surface area contributed by atoms with Gasteiger partial charge in [-0.3, -0.25) is 4.79 Å².